The van der Waals surface area contributed by atoms with Crippen LogP contribution in [0, 0.1) is 0 Å². The lowest BCUT2D eigenvalue weighted by molar-refractivity contribution is 0.330. The fourth-order valence-electron chi connectivity index (χ4n) is 10.7. The average Bonchev–Trinajstić information content (AvgIpc) is 3.49. The van der Waals surface area contributed by atoms with Crippen molar-refractivity contribution in [1.82, 2.24) is 0 Å². The predicted molar refractivity (Wildman–Crippen MR) is 216 cm³/mol. The number of fused-ring (bicyclic) bond motifs is 13. The van der Waals surface area contributed by atoms with Crippen LogP contribution < -0.4 is 46.9 Å². The van der Waals surface area contributed by atoms with E-state index in [1.54, 1.807) is 0 Å². The van der Waals surface area contributed by atoms with E-state index in [1.807, 2.05) is 0 Å². The Bertz CT molecular complexity index is 2470. The van der Waals surface area contributed by atoms with Crippen molar-refractivity contribution in [1.29, 1.82) is 0 Å². The van der Waals surface area contributed by atoms with Crippen LogP contribution in [0.2, 0.25) is 0 Å². The minimum Gasteiger partial charge on any atom is -0.336 e. The summed E-state index contributed by atoms with van der Waals surface area (Å²) >= 11 is 0. The van der Waals surface area contributed by atoms with Gasteiger partial charge in [-0.15, -0.1) is 0 Å². The van der Waals surface area contributed by atoms with Crippen LogP contribution in [0.5, 0.6) is 0 Å². The molecule has 1 spiro atoms. The van der Waals surface area contributed by atoms with Crippen LogP contribution in [-0.2, 0) is 10.8 Å². The lowest BCUT2D eigenvalue weighted by atomic mass is 9.33. The van der Waals surface area contributed by atoms with E-state index in [2.05, 4.69) is 180 Å². The molecule has 11 rings (SSSR count). The maximum absolute atomic E-state index is 2.74. The van der Waals surface area contributed by atoms with E-state index in [1.165, 1.54) is 87.8 Å². The van der Waals surface area contributed by atoms with Crippen LogP contribution in [0.4, 0.5) is 28.4 Å². The largest absolute Gasteiger partial charge is 0.336 e. The number of hydrogen-bond donors (Lipinski definition) is 0. The van der Waals surface area contributed by atoms with Crippen molar-refractivity contribution in [3.63, 3.8) is 0 Å². The zero-order valence-corrected chi connectivity index (χ0v) is 31.0. The molecular formula is C46H41BN2Si. The molecule has 5 heterocycles. The highest BCUT2D eigenvalue weighted by molar-refractivity contribution is 7.24. The van der Waals surface area contributed by atoms with Crippen LogP contribution in [0.1, 0.15) is 59.6 Å². The first-order chi connectivity index (χ1) is 24.0. The molecule has 5 aliphatic heterocycles. The first-order valence-corrected chi connectivity index (χ1v) is 20.3. The molecule has 242 valence electrons. The van der Waals surface area contributed by atoms with Crippen LogP contribution >= 0.6 is 0 Å². The Labute approximate surface area is 297 Å². The number of anilines is 5. The van der Waals surface area contributed by atoms with E-state index >= 15 is 0 Å². The highest BCUT2D eigenvalue weighted by Crippen LogP contribution is 2.57. The van der Waals surface area contributed by atoms with Crippen molar-refractivity contribution in [3.05, 3.63) is 132 Å². The zero-order chi connectivity index (χ0) is 34.1. The van der Waals surface area contributed by atoms with Gasteiger partial charge >= 0.3 is 0 Å². The Morgan fingerprint density at radius 3 is 1.80 bits per heavy atom. The first kappa shape index (κ1) is 29.0. The molecule has 0 aliphatic carbocycles. The third-order valence-electron chi connectivity index (χ3n) is 13.6. The molecule has 4 heteroatoms. The van der Waals surface area contributed by atoms with Crippen molar-refractivity contribution in [2.45, 2.75) is 64.8 Å². The second-order valence-electron chi connectivity index (χ2n) is 17.3. The Morgan fingerprint density at radius 1 is 0.560 bits per heavy atom. The van der Waals surface area contributed by atoms with Gasteiger partial charge in [0.1, 0.15) is 0 Å². The van der Waals surface area contributed by atoms with Gasteiger partial charge in [-0.3, -0.25) is 0 Å². The van der Waals surface area contributed by atoms with Gasteiger partial charge in [0.25, 0.3) is 6.71 Å². The molecule has 0 unspecified atom stereocenters. The highest BCUT2D eigenvalue weighted by atomic mass is 28.3. The van der Waals surface area contributed by atoms with E-state index in [4.69, 9.17) is 0 Å². The summed E-state index contributed by atoms with van der Waals surface area (Å²) in [6, 6.07) is 47.7. The maximum atomic E-state index is 2.74. The summed E-state index contributed by atoms with van der Waals surface area (Å²) in [6.07, 6.45) is 0. The van der Waals surface area contributed by atoms with Gasteiger partial charge in [0, 0.05) is 39.4 Å². The van der Waals surface area contributed by atoms with Crippen LogP contribution in [-0.4, -0.2) is 20.3 Å². The van der Waals surface area contributed by atoms with Gasteiger partial charge in [-0.1, -0.05) is 138 Å². The molecular weight excluding hydrogens is 619 g/mol. The summed E-state index contributed by atoms with van der Waals surface area (Å²) in [5.74, 6) is 0. The third kappa shape index (κ3) is 3.04. The van der Waals surface area contributed by atoms with Crippen LogP contribution in [0.15, 0.2) is 121 Å². The summed E-state index contributed by atoms with van der Waals surface area (Å²) in [4.78, 5) is 5.45. The average molecular weight is 661 g/mol. The summed E-state index contributed by atoms with van der Waals surface area (Å²) in [5, 5.41) is 6.07. The second kappa shape index (κ2) is 8.91. The quantitative estimate of drug-likeness (QED) is 0.172. The molecule has 5 aliphatic rings. The lowest BCUT2D eigenvalue weighted by Gasteiger charge is -2.52. The van der Waals surface area contributed by atoms with Gasteiger partial charge < -0.3 is 9.80 Å². The molecule has 0 N–H and O–H groups in total. The van der Waals surface area contributed by atoms with Gasteiger partial charge in [0.15, 0.2) is 8.07 Å². The topological polar surface area (TPSA) is 6.48 Å². The number of nitrogens with zero attached hydrogens (tertiary/aromatic N) is 2. The number of para-hydroxylation sites is 3. The molecule has 0 amide bonds. The van der Waals surface area contributed by atoms with Gasteiger partial charge in [0.2, 0.25) is 0 Å². The minimum absolute atomic E-state index is 0.0192. The number of hydrogen-bond acceptors (Lipinski definition) is 2. The lowest BCUT2D eigenvalue weighted by Crippen LogP contribution is -2.77. The summed E-state index contributed by atoms with van der Waals surface area (Å²) in [5.41, 5.74) is 16.8. The summed E-state index contributed by atoms with van der Waals surface area (Å²) < 4.78 is 0. The molecule has 6 aromatic rings. The fourth-order valence-corrected chi connectivity index (χ4v) is 16.3. The van der Waals surface area contributed by atoms with Crippen molar-refractivity contribution in [3.8, 4) is 11.1 Å². The maximum Gasteiger partial charge on any atom is 0.252 e. The molecule has 0 saturated carbocycles. The highest BCUT2D eigenvalue weighted by Gasteiger charge is 2.60. The first-order valence-electron chi connectivity index (χ1n) is 18.3. The summed E-state index contributed by atoms with van der Waals surface area (Å²) in [7, 11) is -2.67. The zero-order valence-electron chi connectivity index (χ0n) is 30.0. The molecule has 0 aromatic heterocycles. The second-order valence-corrected chi connectivity index (χ2v) is 21.0. The van der Waals surface area contributed by atoms with Gasteiger partial charge in [-0.25, -0.2) is 0 Å². The SMILES string of the molecule is CC(C)(C)c1cc2c3c(c1)N1c4c(cccc4C(C)(C)C1(C)C)B3c1cccc3c1N2c1ccccc1[Si]31c2ccccc2-c2ccccc21. The Hall–Kier alpha value is -4.80. The Kier molecular flexibility index (Phi) is 5.17. The van der Waals surface area contributed by atoms with E-state index in [0.717, 1.165) is 0 Å². The van der Waals surface area contributed by atoms with Gasteiger partial charge in [-0.2, -0.15) is 0 Å². The van der Waals surface area contributed by atoms with E-state index in [9.17, 15) is 0 Å². The standard InChI is InChI=1S/C46H41BN2Si/c1-44(2,3)28-26-35-41-36(27-28)49-42-31(45(4,5)46(49,6)7)18-14-19-32(42)47(41)33-20-15-25-40-43(33)48(35)34-21-10-13-24-39(34)50(40)37-22-11-8-16-29(37)30-17-9-12-23-38(30)50/h8-27H,1-7H3. The fraction of sp³-hybridized carbons (Fsp3) is 0.217. The Balaban J connectivity index is 1.33. The van der Waals surface area contributed by atoms with E-state index < -0.39 is 8.07 Å². The minimum atomic E-state index is -2.67. The summed E-state index contributed by atoms with van der Waals surface area (Å²) in [6.45, 7) is 17.1. The third-order valence-corrected chi connectivity index (χ3v) is 18.6. The molecule has 0 bridgehead atoms. The molecule has 2 nitrogen and oxygen atoms in total. The molecule has 6 aromatic carbocycles. The molecule has 0 saturated heterocycles. The predicted octanol–water partition coefficient (Wildman–Crippen LogP) is 6.48. The van der Waals surface area contributed by atoms with Gasteiger partial charge in [0.05, 0.1) is 0 Å². The molecule has 0 radical (unpaired) electrons. The normalized spacial score (nSPS) is 18.3. The van der Waals surface area contributed by atoms with Crippen molar-refractivity contribution < 1.29 is 0 Å². The smallest absolute Gasteiger partial charge is 0.252 e. The van der Waals surface area contributed by atoms with Gasteiger partial charge in [-0.05, 0) is 96.9 Å². The van der Waals surface area contributed by atoms with Crippen molar-refractivity contribution in [2.24, 2.45) is 0 Å². The van der Waals surface area contributed by atoms with Crippen molar-refractivity contribution >= 4 is 80.4 Å². The van der Waals surface area contributed by atoms with E-state index in [0.29, 0.717) is 0 Å². The number of benzene rings is 6. The van der Waals surface area contributed by atoms with Crippen LogP contribution in [0.25, 0.3) is 11.1 Å². The van der Waals surface area contributed by atoms with Crippen molar-refractivity contribution in [2.75, 3.05) is 9.80 Å². The van der Waals surface area contributed by atoms with Crippen LogP contribution in [0.3, 0.4) is 0 Å². The van der Waals surface area contributed by atoms with E-state index in [-0.39, 0.29) is 23.1 Å². The molecule has 0 atom stereocenters. The molecule has 0 fully saturated rings. The monoisotopic (exact) mass is 660 g/mol. The molecule has 50 heavy (non-hydrogen) atoms. The number of rotatable bonds is 0. The Morgan fingerprint density at radius 2 is 1.12 bits per heavy atom.